The summed E-state index contributed by atoms with van der Waals surface area (Å²) in [4.78, 5) is 8.91. The molecule has 7 heteroatoms. The number of alkyl halides is 1. The van der Waals surface area contributed by atoms with Gasteiger partial charge < -0.3 is 10.2 Å². The van der Waals surface area contributed by atoms with Crippen LogP contribution in [0.4, 0.5) is 0 Å². The first kappa shape index (κ1) is 25.2. The predicted molar refractivity (Wildman–Crippen MR) is 100 cm³/mol. The molecule has 2 rings (SSSR count). The summed E-state index contributed by atoms with van der Waals surface area (Å²) in [7, 11) is 0. The van der Waals surface area contributed by atoms with Crippen LogP contribution >= 0.6 is 11.6 Å². The van der Waals surface area contributed by atoms with Crippen LogP contribution in [0.15, 0.2) is 58.5 Å². The molecular weight excluding hydrogens is 406 g/mol. The minimum Gasteiger partial charge on any atom is -0.507 e. The average molecular weight is 427 g/mol. The van der Waals surface area contributed by atoms with Crippen molar-refractivity contribution in [2.45, 2.75) is 18.9 Å². The van der Waals surface area contributed by atoms with Crippen LogP contribution in [0.2, 0.25) is 0 Å². The van der Waals surface area contributed by atoms with Gasteiger partial charge in [-0.3, -0.25) is 9.98 Å². The van der Waals surface area contributed by atoms with Crippen LogP contribution in [0.3, 0.4) is 0 Å². The number of phenols is 2. The fourth-order valence-electron chi connectivity index (χ4n) is 2.18. The Bertz CT molecular complexity index is 713. The van der Waals surface area contributed by atoms with Crippen molar-refractivity contribution in [3.63, 3.8) is 0 Å². The topological polar surface area (TPSA) is 65.2 Å². The number of phenolic OH excluding ortho intramolecular Hbond substituents is 2. The standard InChI is InChI=1S/C19H21ClN2O2.Co.Na/c20-11-5-8-17(22-13-16-7-2-4-10-19(16)24)14-21-12-15-6-1-3-9-18(15)23;;/h1-4,6-7,9-10,12-13,17,23-24H,5,8,11,14H2;;/q;;+1. The Kier molecular flexibility index (Phi) is 13.8. The maximum absolute atomic E-state index is 9.79. The average Bonchev–Trinajstić information content (AvgIpc) is 2.59. The van der Waals surface area contributed by atoms with E-state index in [1.807, 2.05) is 18.2 Å². The summed E-state index contributed by atoms with van der Waals surface area (Å²) in [6.07, 6.45) is 4.98. The minimum absolute atomic E-state index is 0. The third-order valence-electron chi connectivity index (χ3n) is 3.52. The molecule has 0 aromatic heterocycles. The summed E-state index contributed by atoms with van der Waals surface area (Å²) in [5, 5.41) is 19.5. The van der Waals surface area contributed by atoms with Gasteiger partial charge in [0.25, 0.3) is 0 Å². The summed E-state index contributed by atoms with van der Waals surface area (Å²) >= 11 is 5.78. The number of hydrogen-bond acceptors (Lipinski definition) is 4. The van der Waals surface area contributed by atoms with Gasteiger partial charge in [0.15, 0.2) is 0 Å². The predicted octanol–water partition coefficient (Wildman–Crippen LogP) is 1.02. The molecule has 0 bridgehead atoms. The molecule has 0 aliphatic rings. The van der Waals surface area contributed by atoms with E-state index in [2.05, 4.69) is 9.98 Å². The van der Waals surface area contributed by atoms with Crippen LogP contribution in [0.5, 0.6) is 11.5 Å². The van der Waals surface area contributed by atoms with Crippen LogP contribution in [0.25, 0.3) is 0 Å². The molecule has 0 saturated heterocycles. The van der Waals surface area contributed by atoms with Gasteiger partial charge in [-0.2, -0.15) is 0 Å². The van der Waals surface area contributed by atoms with Crippen molar-refractivity contribution in [3.05, 3.63) is 59.7 Å². The van der Waals surface area contributed by atoms with Crippen molar-refractivity contribution in [1.82, 2.24) is 0 Å². The van der Waals surface area contributed by atoms with E-state index in [1.165, 1.54) is 0 Å². The molecule has 0 aliphatic carbocycles. The molecule has 2 aromatic carbocycles. The molecule has 2 N–H and O–H groups in total. The van der Waals surface area contributed by atoms with Crippen LogP contribution in [0.1, 0.15) is 24.0 Å². The van der Waals surface area contributed by atoms with Crippen molar-refractivity contribution < 1.29 is 56.5 Å². The zero-order valence-electron chi connectivity index (χ0n) is 14.7. The van der Waals surface area contributed by atoms with Gasteiger partial charge >= 0.3 is 29.6 Å². The van der Waals surface area contributed by atoms with E-state index < -0.39 is 0 Å². The second-order valence-corrected chi connectivity index (χ2v) is 5.75. The summed E-state index contributed by atoms with van der Waals surface area (Å²) in [5.74, 6) is 0.984. The first-order valence-corrected chi connectivity index (χ1v) is 8.39. The second-order valence-electron chi connectivity index (χ2n) is 5.38. The maximum Gasteiger partial charge on any atom is 1.00 e. The molecule has 0 spiro atoms. The Morgan fingerprint density at radius 1 is 0.923 bits per heavy atom. The van der Waals surface area contributed by atoms with E-state index in [0.717, 1.165) is 12.8 Å². The largest absolute Gasteiger partial charge is 1.00 e. The number of nitrogens with zero attached hydrogens (tertiary/aromatic N) is 2. The molecule has 1 unspecified atom stereocenters. The summed E-state index contributed by atoms with van der Waals surface area (Å²) in [6, 6.07) is 14.1. The van der Waals surface area contributed by atoms with Gasteiger partial charge in [0.05, 0.1) is 12.6 Å². The van der Waals surface area contributed by atoms with E-state index in [4.69, 9.17) is 11.6 Å². The fourth-order valence-corrected chi connectivity index (χ4v) is 2.33. The molecule has 0 heterocycles. The molecular formula is C19H21ClCoN2NaO2+. The van der Waals surface area contributed by atoms with E-state index in [9.17, 15) is 10.2 Å². The normalized spacial score (nSPS) is 11.9. The van der Waals surface area contributed by atoms with Gasteiger partial charge in [0.1, 0.15) is 11.5 Å². The van der Waals surface area contributed by atoms with Gasteiger partial charge in [-0.05, 0) is 37.1 Å². The Balaban J connectivity index is 0.00000312. The number of hydrogen-bond donors (Lipinski definition) is 2. The zero-order valence-corrected chi connectivity index (χ0v) is 18.5. The third-order valence-corrected chi connectivity index (χ3v) is 3.78. The quantitative estimate of drug-likeness (QED) is 0.376. The van der Waals surface area contributed by atoms with Crippen molar-refractivity contribution >= 4 is 24.0 Å². The van der Waals surface area contributed by atoms with E-state index >= 15 is 0 Å². The van der Waals surface area contributed by atoms with E-state index in [-0.39, 0.29) is 63.9 Å². The Morgan fingerprint density at radius 2 is 1.46 bits per heavy atom. The second kappa shape index (κ2) is 14.3. The van der Waals surface area contributed by atoms with Gasteiger partial charge in [-0.1, -0.05) is 24.3 Å². The third kappa shape index (κ3) is 8.71. The number of rotatable bonds is 8. The number of halogens is 1. The van der Waals surface area contributed by atoms with E-state index in [1.54, 1.807) is 42.8 Å². The van der Waals surface area contributed by atoms with Gasteiger partial charge in [-0.25, -0.2) is 0 Å². The smallest absolute Gasteiger partial charge is 0.507 e. The first-order chi connectivity index (χ1) is 11.7. The van der Waals surface area contributed by atoms with Crippen molar-refractivity contribution in [2.24, 2.45) is 9.98 Å². The Hall–Kier alpha value is -0.824. The summed E-state index contributed by atoms with van der Waals surface area (Å²) in [6.45, 7) is 0.495. The monoisotopic (exact) mass is 426 g/mol. The van der Waals surface area contributed by atoms with Crippen molar-refractivity contribution in [2.75, 3.05) is 12.4 Å². The Morgan fingerprint density at radius 3 is 2.00 bits per heavy atom. The molecule has 1 atom stereocenters. The molecule has 4 nitrogen and oxygen atoms in total. The van der Waals surface area contributed by atoms with Gasteiger partial charge in [-0.15, -0.1) is 11.6 Å². The molecule has 0 amide bonds. The number of aromatic hydroxyl groups is 2. The molecule has 26 heavy (non-hydrogen) atoms. The fraction of sp³-hybridized carbons (Fsp3) is 0.263. The number of para-hydroxylation sites is 2. The molecule has 0 aliphatic heterocycles. The number of benzene rings is 2. The SMILES string of the molecule is Oc1ccccc1C=NCC(CCCCl)N=Cc1ccccc1O.[Co].[Na+]. The minimum atomic E-state index is -0.0227. The summed E-state index contributed by atoms with van der Waals surface area (Å²) in [5.41, 5.74) is 1.36. The Labute approximate surface area is 191 Å². The summed E-state index contributed by atoms with van der Waals surface area (Å²) < 4.78 is 0. The molecule has 2 aromatic rings. The molecule has 1 radical (unpaired) electrons. The number of aliphatic imine (C=N–C) groups is 2. The van der Waals surface area contributed by atoms with Crippen LogP contribution in [0, 0.1) is 0 Å². The van der Waals surface area contributed by atoms with Crippen LogP contribution in [-0.4, -0.2) is 41.1 Å². The molecule has 135 valence electrons. The van der Waals surface area contributed by atoms with Gasteiger partial charge in [0.2, 0.25) is 0 Å². The van der Waals surface area contributed by atoms with Crippen LogP contribution < -0.4 is 29.6 Å². The van der Waals surface area contributed by atoms with Gasteiger partial charge in [0, 0.05) is 46.2 Å². The molecule has 0 fully saturated rings. The first-order valence-electron chi connectivity index (χ1n) is 7.85. The van der Waals surface area contributed by atoms with Crippen molar-refractivity contribution in [1.29, 1.82) is 0 Å². The maximum atomic E-state index is 9.79. The van der Waals surface area contributed by atoms with Crippen LogP contribution in [-0.2, 0) is 16.8 Å². The molecule has 0 saturated carbocycles. The van der Waals surface area contributed by atoms with Crippen molar-refractivity contribution in [3.8, 4) is 11.5 Å². The zero-order chi connectivity index (χ0) is 17.2. The van der Waals surface area contributed by atoms with E-state index in [0.29, 0.717) is 23.6 Å².